The third kappa shape index (κ3) is 12.0. The fourth-order valence-electron chi connectivity index (χ4n) is 9.68. The van der Waals surface area contributed by atoms with E-state index in [1.54, 1.807) is 0 Å². The summed E-state index contributed by atoms with van der Waals surface area (Å²) in [5.41, 5.74) is 11.5. The Hall–Kier alpha value is -8.00. The van der Waals surface area contributed by atoms with Gasteiger partial charge in [-0.2, -0.15) is 0 Å². The second-order valence-electron chi connectivity index (χ2n) is 18.3. The molecule has 14 nitrogen and oxygen atoms in total. The number of hydrogen-bond donors (Lipinski definition) is 6. The topological polar surface area (TPSA) is 227 Å². The third-order valence-electron chi connectivity index (χ3n) is 12.0. The highest BCUT2D eigenvalue weighted by molar-refractivity contribution is 5.71. The molecule has 0 fully saturated rings. The van der Waals surface area contributed by atoms with Crippen LogP contribution in [-0.2, 0) is 57.7 Å². The number of aromatic hydroxyl groups is 2. The lowest BCUT2D eigenvalue weighted by atomic mass is 9.89. The Kier molecular flexibility index (Phi) is 15.0. The van der Waals surface area contributed by atoms with Crippen LogP contribution in [0.5, 0.6) is 34.5 Å². The van der Waals surface area contributed by atoms with E-state index in [1.165, 1.54) is 0 Å². The van der Waals surface area contributed by atoms with Crippen LogP contribution < -0.4 is 18.9 Å². The molecule has 14 heteroatoms. The van der Waals surface area contributed by atoms with Crippen LogP contribution in [0.1, 0.15) is 100 Å². The van der Waals surface area contributed by atoms with Gasteiger partial charge in [-0.05, 0) is 108 Å². The molecule has 0 saturated heterocycles. The Morgan fingerprint density at radius 1 is 0.314 bits per heavy atom. The lowest BCUT2D eigenvalue weighted by Gasteiger charge is -2.22. The van der Waals surface area contributed by atoms with E-state index in [1.807, 2.05) is 114 Å². The van der Waals surface area contributed by atoms with Crippen molar-refractivity contribution in [1.29, 1.82) is 0 Å². The van der Waals surface area contributed by atoms with Crippen molar-refractivity contribution in [3.8, 4) is 34.5 Å². The maximum absolute atomic E-state index is 12.1. The minimum atomic E-state index is -1.22. The van der Waals surface area contributed by atoms with Gasteiger partial charge in [0.2, 0.25) is 0 Å². The van der Waals surface area contributed by atoms with Crippen LogP contribution in [0.2, 0.25) is 0 Å². The molecule has 0 heterocycles. The van der Waals surface area contributed by atoms with E-state index in [-0.39, 0.29) is 73.0 Å². The monoisotopic (exact) mass is 952 g/mol. The van der Waals surface area contributed by atoms with E-state index in [0.717, 1.165) is 33.4 Å². The molecule has 1 aliphatic rings. The molecule has 0 saturated carbocycles. The number of fused-ring (bicyclic) bond motifs is 12. The van der Waals surface area contributed by atoms with Crippen molar-refractivity contribution in [3.05, 3.63) is 173 Å². The predicted octanol–water partition coefficient (Wildman–Crippen LogP) is 8.66. The number of aryl methyl sites for hydroxylation is 6. The Bertz CT molecular complexity index is 2880. The molecule has 12 bridgehead atoms. The number of phenolic OH excluding ortho intramolecular Hbond substituents is 2. The molecule has 6 N–H and O–H groups in total. The van der Waals surface area contributed by atoms with E-state index in [9.17, 15) is 49.8 Å². The van der Waals surface area contributed by atoms with Crippen LogP contribution in [0.25, 0.3) is 0 Å². The lowest BCUT2D eigenvalue weighted by Crippen LogP contribution is -2.15. The fourth-order valence-corrected chi connectivity index (χ4v) is 9.68. The zero-order valence-electron chi connectivity index (χ0n) is 39.9. The van der Waals surface area contributed by atoms with Gasteiger partial charge in [-0.25, -0.2) is 19.2 Å². The van der Waals surface area contributed by atoms with Crippen LogP contribution >= 0.6 is 0 Å². The van der Waals surface area contributed by atoms with E-state index in [4.69, 9.17) is 18.9 Å². The molecule has 1 aliphatic carbocycles. The number of aliphatic carboxylic acids is 4. The maximum Gasteiger partial charge on any atom is 0.341 e. The van der Waals surface area contributed by atoms with Gasteiger partial charge >= 0.3 is 23.9 Å². The third-order valence-corrected chi connectivity index (χ3v) is 12.0. The molecule has 0 atom stereocenters. The highest BCUT2D eigenvalue weighted by Crippen LogP contribution is 2.41. The second kappa shape index (κ2) is 21.1. The van der Waals surface area contributed by atoms with Crippen molar-refractivity contribution >= 4 is 23.9 Å². The molecule has 0 aromatic heterocycles. The van der Waals surface area contributed by atoms with Crippen molar-refractivity contribution in [2.24, 2.45) is 0 Å². The molecular formula is C56H56O14. The smallest absolute Gasteiger partial charge is 0.341 e. The first-order valence-electron chi connectivity index (χ1n) is 22.7. The van der Waals surface area contributed by atoms with Gasteiger partial charge in [0.15, 0.2) is 26.4 Å². The van der Waals surface area contributed by atoms with Gasteiger partial charge in [-0.1, -0.05) is 106 Å². The first kappa shape index (κ1) is 49.9. The molecule has 6 aromatic carbocycles. The maximum atomic E-state index is 12.1. The first-order chi connectivity index (χ1) is 33.2. The number of carbonyl (C=O) groups is 4. The van der Waals surface area contributed by atoms with Gasteiger partial charge in [-0.15, -0.1) is 0 Å². The Morgan fingerprint density at radius 2 is 0.457 bits per heavy atom. The molecule has 0 spiro atoms. The van der Waals surface area contributed by atoms with E-state index in [2.05, 4.69) is 0 Å². The van der Waals surface area contributed by atoms with E-state index >= 15 is 0 Å². The van der Waals surface area contributed by atoms with Crippen molar-refractivity contribution in [1.82, 2.24) is 0 Å². The zero-order chi connectivity index (χ0) is 50.6. The second-order valence-corrected chi connectivity index (χ2v) is 18.3. The van der Waals surface area contributed by atoms with Crippen molar-refractivity contribution in [2.75, 3.05) is 26.4 Å². The number of ether oxygens (including phenoxy) is 4. The van der Waals surface area contributed by atoms with E-state index in [0.29, 0.717) is 66.8 Å². The minimum Gasteiger partial charge on any atom is -0.507 e. The molecule has 364 valence electrons. The summed E-state index contributed by atoms with van der Waals surface area (Å²) in [4.78, 5) is 48.3. The van der Waals surface area contributed by atoms with Gasteiger partial charge in [0.25, 0.3) is 0 Å². The Labute approximate surface area is 405 Å². The summed E-state index contributed by atoms with van der Waals surface area (Å²) in [5, 5.41) is 63.7. The highest BCUT2D eigenvalue weighted by Gasteiger charge is 2.25. The lowest BCUT2D eigenvalue weighted by molar-refractivity contribution is -0.140. The number of hydrogen-bond acceptors (Lipinski definition) is 10. The normalized spacial score (nSPS) is 12.3. The Morgan fingerprint density at radius 3 is 0.614 bits per heavy atom. The molecular weight excluding hydrogens is 897 g/mol. The number of benzene rings is 6. The average molecular weight is 953 g/mol. The summed E-state index contributed by atoms with van der Waals surface area (Å²) < 4.78 is 24.4. The first-order valence-corrected chi connectivity index (χ1v) is 22.7. The van der Waals surface area contributed by atoms with Gasteiger partial charge in [0.05, 0.1) is 0 Å². The molecule has 0 unspecified atom stereocenters. The molecule has 6 aromatic rings. The van der Waals surface area contributed by atoms with Crippen LogP contribution in [-0.4, -0.2) is 80.9 Å². The minimum absolute atomic E-state index is 0.0293. The quantitative estimate of drug-likeness (QED) is 0.0674. The van der Waals surface area contributed by atoms with Gasteiger partial charge < -0.3 is 49.6 Å². The molecule has 0 amide bonds. The summed E-state index contributed by atoms with van der Waals surface area (Å²) in [5.74, 6) is -3.82. The summed E-state index contributed by atoms with van der Waals surface area (Å²) in [7, 11) is 0. The highest BCUT2D eigenvalue weighted by atomic mass is 16.5. The van der Waals surface area contributed by atoms with Crippen molar-refractivity contribution in [3.63, 3.8) is 0 Å². The molecule has 0 radical (unpaired) electrons. The number of rotatable bonds is 12. The van der Waals surface area contributed by atoms with Crippen LogP contribution in [0, 0.1) is 41.5 Å². The molecule has 0 aliphatic heterocycles. The number of phenols is 2. The average Bonchev–Trinajstić information content (AvgIpc) is 3.25. The largest absolute Gasteiger partial charge is 0.507 e. The SMILES string of the molecule is Cc1cc2c(O)c(c1)Cc1cc(C)cc(c1OCC(=O)O)Cc1cc(C)cc(c1OCC(=O)O)Cc1cc(C)cc(c1OCC(=O)O)Cc1cc(C)cc(c1O)Cc1cc(C)cc(c1OCC(=O)O)C2. The van der Waals surface area contributed by atoms with E-state index < -0.39 is 50.3 Å². The van der Waals surface area contributed by atoms with Crippen LogP contribution in [0.4, 0.5) is 0 Å². The van der Waals surface area contributed by atoms with Crippen molar-refractivity contribution < 1.29 is 68.8 Å². The number of carboxylic acid groups (broad SMARTS) is 4. The summed E-state index contributed by atoms with van der Waals surface area (Å²) in [6, 6.07) is 22.3. The molecule has 70 heavy (non-hydrogen) atoms. The van der Waals surface area contributed by atoms with Crippen molar-refractivity contribution in [2.45, 2.75) is 80.1 Å². The molecule has 7 rings (SSSR count). The standard InChI is InChI=1S/C56H56O14/c1-29-7-35-19-39-11-31(3)12-40(53(39)67-25-47(57)58)20-36-8-30(2)10-38(52(36)66)22-42-14-33(5)16-44(55(42)69-27-49(61)62)24-46-18-34(6)17-45(56(46)70-28-50(63)64)23-43-15-32(4)13-41(21-37(9-29)51(35)65)54(43)68-26-48(59)60/h7-18,65-66H,19-28H2,1-6H3,(H,57,58)(H,59,60)(H,61,62)(H,63,64). The summed E-state index contributed by atoms with van der Waals surface area (Å²) in [6.45, 7) is 8.61. The number of carboxylic acids is 4. The van der Waals surface area contributed by atoms with Gasteiger partial charge in [-0.3, -0.25) is 0 Å². The fraction of sp³-hybridized carbons (Fsp3) is 0.286. The Balaban J connectivity index is 1.52. The summed E-state index contributed by atoms with van der Waals surface area (Å²) >= 11 is 0. The van der Waals surface area contributed by atoms with Gasteiger partial charge in [0.1, 0.15) is 34.5 Å². The zero-order valence-corrected chi connectivity index (χ0v) is 39.9. The van der Waals surface area contributed by atoms with Crippen LogP contribution in [0.15, 0.2) is 72.8 Å². The van der Waals surface area contributed by atoms with Crippen LogP contribution in [0.3, 0.4) is 0 Å². The predicted molar refractivity (Wildman–Crippen MR) is 260 cm³/mol. The van der Waals surface area contributed by atoms with Gasteiger partial charge in [0, 0.05) is 38.5 Å². The summed E-state index contributed by atoms with van der Waals surface area (Å²) in [6.07, 6.45) is 0.668.